The van der Waals surface area contributed by atoms with Crippen LogP contribution in [0, 0.1) is 0 Å². The molecule has 6 heteroatoms. The molecule has 0 amide bonds. The van der Waals surface area contributed by atoms with E-state index in [9.17, 15) is 13.2 Å². The van der Waals surface area contributed by atoms with Crippen LogP contribution in [0.5, 0.6) is 0 Å². The highest BCUT2D eigenvalue weighted by atomic mass is 32.2. The van der Waals surface area contributed by atoms with E-state index in [0.717, 1.165) is 5.56 Å². The topological polar surface area (TPSA) is 63.2 Å². The van der Waals surface area contributed by atoms with Gasteiger partial charge in [0.05, 0.1) is 11.8 Å². The van der Waals surface area contributed by atoms with Gasteiger partial charge in [-0.1, -0.05) is 56.6 Å². The van der Waals surface area contributed by atoms with Gasteiger partial charge in [-0.2, -0.15) is 0 Å². The van der Waals surface area contributed by atoms with Gasteiger partial charge < -0.3 is 0 Å². The number of carbonyl (C=O) groups excluding carboxylic acids is 1. The van der Waals surface area contributed by atoms with Gasteiger partial charge in [0, 0.05) is 13.6 Å². The Kier molecular flexibility index (Phi) is 6.28. The number of benzene rings is 1. The first-order chi connectivity index (χ1) is 10.0. The molecule has 0 bridgehead atoms. The number of ketones is 1. The van der Waals surface area contributed by atoms with Crippen molar-refractivity contribution < 1.29 is 13.2 Å². The summed E-state index contributed by atoms with van der Waals surface area (Å²) in [5, 5.41) is 0. The van der Waals surface area contributed by atoms with Gasteiger partial charge in [-0.05, 0) is 18.5 Å². The molecule has 122 valence electrons. The van der Waals surface area contributed by atoms with Crippen molar-refractivity contribution in [2.75, 3.05) is 5.75 Å². The number of carbonyl (C=O) groups is 1. The summed E-state index contributed by atoms with van der Waals surface area (Å²) in [5.41, 5.74) is 0.974. The molecule has 1 atom stereocenters. The zero-order chi connectivity index (χ0) is 17.0. The Labute approximate surface area is 134 Å². The van der Waals surface area contributed by atoms with E-state index in [1.807, 2.05) is 18.2 Å². The summed E-state index contributed by atoms with van der Waals surface area (Å²) in [6.07, 6.45) is 0. The van der Waals surface area contributed by atoms with Gasteiger partial charge in [-0.15, -0.1) is 0 Å². The average Bonchev–Trinajstić information content (AvgIpc) is 2.42. The smallest absolute Gasteiger partial charge is 0.212 e. The maximum absolute atomic E-state index is 12.3. The Balaban J connectivity index is 2.99. The van der Waals surface area contributed by atoms with Crippen LogP contribution in [0.3, 0.4) is 0 Å². The van der Waals surface area contributed by atoms with Crippen LogP contribution in [-0.2, 0) is 14.8 Å². The second-order valence-electron chi connectivity index (χ2n) is 6.67. The zero-order valence-corrected chi connectivity index (χ0v) is 15.5. The molecule has 0 fully saturated rings. The predicted octanol–water partition coefficient (Wildman–Crippen LogP) is 3.13. The molecular weight excluding hydrogens is 314 g/mol. The second-order valence-corrected chi connectivity index (χ2v) is 14.2. The van der Waals surface area contributed by atoms with Crippen LogP contribution in [0.25, 0.3) is 0 Å². The van der Waals surface area contributed by atoms with Gasteiger partial charge in [0.15, 0.2) is 5.78 Å². The Bertz CT molecular complexity index is 633. The molecule has 0 saturated carbocycles. The molecule has 0 saturated heterocycles. The average molecular weight is 340 g/mol. The van der Waals surface area contributed by atoms with E-state index < -0.39 is 24.1 Å². The Hall–Kier alpha value is -1.24. The third-order valence-corrected chi connectivity index (χ3v) is 6.80. The molecule has 4 nitrogen and oxygen atoms in total. The molecule has 0 aliphatic rings. The number of sulfonamides is 1. The predicted molar refractivity (Wildman–Crippen MR) is 94.1 cm³/mol. The second kappa shape index (κ2) is 7.35. The molecular formula is C16H25NO3SSi. The number of Topliss-reactive ketones (excluding diaryl/α,β-unsaturated/α-hetero) is 1. The summed E-state index contributed by atoms with van der Waals surface area (Å²) in [4.78, 5) is 11.6. The highest BCUT2D eigenvalue weighted by Gasteiger charge is 2.25. The molecule has 1 aromatic rings. The first kappa shape index (κ1) is 18.8. The van der Waals surface area contributed by atoms with Crippen LogP contribution in [0.4, 0.5) is 0 Å². The van der Waals surface area contributed by atoms with Crippen LogP contribution >= 0.6 is 0 Å². The van der Waals surface area contributed by atoms with E-state index >= 15 is 0 Å². The Morgan fingerprint density at radius 3 is 2.23 bits per heavy atom. The lowest BCUT2D eigenvalue weighted by atomic mass is 9.98. The van der Waals surface area contributed by atoms with Crippen molar-refractivity contribution in [3.8, 4) is 0 Å². The van der Waals surface area contributed by atoms with Crippen molar-refractivity contribution in [1.29, 1.82) is 0 Å². The van der Waals surface area contributed by atoms with Crippen molar-refractivity contribution in [3.05, 3.63) is 48.0 Å². The van der Waals surface area contributed by atoms with E-state index in [0.29, 0.717) is 6.04 Å². The zero-order valence-electron chi connectivity index (χ0n) is 13.7. The molecule has 0 spiro atoms. The summed E-state index contributed by atoms with van der Waals surface area (Å²) in [5.74, 6) is -0.140. The van der Waals surface area contributed by atoms with E-state index in [2.05, 4.69) is 30.9 Å². The van der Waals surface area contributed by atoms with Crippen LogP contribution in [0.15, 0.2) is 42.5 Å². The van der Waals surface area contributed by atoms with Gasteiger partial charge in [0.2, 0.25) is 10.0 Å². The molecule has 0 radical (unpaired) electrons. The minimum atomic E-state index is -3.47. The maximum atomic E-state index is 12.3. The standard InChI is InChI=1S/C16H25NO3SSi/c1-13(14(2)18)16(15-9-7-6-8-10-15)17-21(19,20)11-12-22(3,4)5/h6-10,16-17H,1,11-12H2,2-5H3/t16-/m1/s1. The lowest BCUT2D eigenvalue weighted by Crippen LogP contribution is -2.35. The number of hydrogen-bond donors (Lipinski definition) is 1. The van der Waals surface area contributed by atoms with E-state index in [1.54, 1.807) is 12.1 Å². The molecule has 1 aromatic carbocycles. The normalized spacial score (nSPS) is 13.6. The Morgan fingerprint density at radius 1 is 1.23 bits per heavy atom. The van der Waals surface area contributed by atoms with E-state index in [4.69, 9.17) is 0 Å². The van der Waals surface area contributed by atoms with E-state index in [-0.39, 0.29) is 17.1 Å². The molecule has 0 aromatic heterocycles. The summed E-state index contributed by atoms with van der Waals surface area (Å²) in [6, 6.07) is 9.02. The number of hydrogen-bond acceptors (Lipinski definition) is 3. The fourth-order valence-electron chi connectivity index (χ4n) is 1.87. The monoisotopic (exact) mass is 339 g/mol. The van der Waals surface area contributed by atoms with E-state index in [1.165, 1.54) is 6.92 Å². The van der Waals surface area contributed by atoms with Crippen molar-refractivity contribution in [2.45, 2.75) is 38.7 Å². The quantitative estimate of drug-likeness (QED) is 0.584. The number of rotatable bonds is 8. The van der Waals surface area contributed by atoms with Crippen LogP contribution < -0.4 is 4.72 Å². The minimum Gasteiger partial charge on any atom is -0.295 e. The van der Waals surface area contributed by atoms with Crippen molar-refractivity contribution >= 4 is 23.9 Å². The van der Waals surface area contributed by atoms with Gasteiger partial charge in [0.1, 0.15) is 0 Å². The minimum absolute atomic E-state index is 0.0806. The third kappa shape index (κ3) is 6.25. The van der Waals surface area contributed by atoms with Crippen molar-refractivity contribution in [3.63, 3.8) is 0 Å². The maximum Gasteiger partial charge on any atom is 0.212 e. The molecule has 22 heavy (non-hydrogen) atoms. The summed E-state index contributed by atoms with van der Waals surface area (Å²) in [6.45, 7) is 11.5. The van der Waals surface area contributed by atoms with Gasteiger partial charge >= 0.3 is 0 Å². The van der Waals surface area contributed by atoms with Crippen LogP contribution in [-0.4, -0.2) is 28.0 Å². The highest BCUT2D eigenvalue weighted by Crippen LogP contribution is 2.22. The number of nitrogens with one attached hydrogen (secondary N) is 1. The van der Waals surface area contributed by atoms with Gasteiger partial charge in [-0.3, -0.25) is 4.79 Å². The van der Waals surface area contributed by atoms with Crippen LogP contribution in [0.2, 0.25) is 25.7 Å². The lowest BCUT2D eigenvalue weighted by molar-refractivity contribution is -0.113. The van der Waals surface area contributed by atoms with Crippen molar-refractivity contribution in [2.24, 2.45) is 0 Å². The lowest BCUT2D eigenvalue weighted by Gasteiger charge is -2.22. The molecule has 1 rings (SSSR count). The van der Waals surface area contributed by atoms with Gasteiger partial charge in [-0.25, -0.2) is 13.1 Å². The summed E-state index contributed by atoms with van der Waals surface area (Å²) >= 11 is 0. The fraction of sp³-hybridized carbons (Fsp3) is 0.438. The molecule has 1 N–H and O–H groups in total. The largest absolute Gasteiger partial charge is 0.295 e. The molecule has 0 heterocycles. The fourth-order valence-corrected chi connectivity index (χ4v) is 6.15. The highest BCUT2D eigenvalue weighted by molar-refractivity contribution is 7.89. The summed E-state index contributed by atoms with van der Waals surface area (Å²) < 4.78 is 27.3. The first-order valence-electron chi connectivity index (χ1n) is 7.26. The summed E-state index contributed by atoms with van der Waals surface area (Å²) in [7, 11) is -4.92. The molecule has 0 aliphatic heterocycles. The SMILES string of the molecule is C=C(C(C)=O)[C@@H](NS(=O)(=O)CC[Si](C)(C)C)c1ccccc1. The molecule has 0 aliphatic carbocycles. The van der Waals surface area contributed by atoms with Crippen LogP contribution in [0.1, 0.15) is 18.5 Å². The van der Waals surface area contributed by atoms with Crippen molar-refractivity contribution in [1.82, 2.24) is 4.72 Å². The first-order valence-corrected chi connectivity index (χ1v) is 12.6. The Morgan fingerprint density at radius 2 is 1.77 bits per heavy atom. The molecule has 0 unspecified atom stereocenters. The van der Waals surface area contributed by atoms with Gasteiger partial charge in [0.25, 0.3) is 0 Å². The third-order valence-electron chi connectivity index (χ3n) is 3.35.